The molecule has 2 aromatic heterocycles. The zero-order chi connectivity index (χ0) is 20.7. The molecule has 1 saturated carbocycles. The van der Waals surface area contributed by atoms with Gasteiger partial charge in [0, 0.05) is 36.0 Å². The lowest BCUT2D eigenvalue weighted by Crippen LogP contribution is -2.48. The fraction of sp³-hybridized carbons (Fsp3) is 0.304. The molecule has 1 fully saturated rings. The Morgan fingerprint density at radius 1 is 1.07 bits per heavy atom. The molecule has 1 aliphatic carbocycles. The summed E-state index contributed by atoms with van der Waals surface area (Å²) in [5.74, 6) is -0.0467. The summed E-state index contributed by atoms with van der Waals surface area (Å²) in [4.78, 5) is 29.9. The third kappa shape index (κ3) is 3.41. The SMILES string of the molecule is O=C(c1ccco1)N(CC(=O)N1CCn2cccc2C1c1ccccc1Cl)C1CC1. The second-order valence-electron chi connectivity index (χ2n) is 7.78. The Bertz CT molecular complexity index is 1070. The number of carbonyl (C=O) groups is 2. The average molecular weight is 424 g/mol. The number of aromatic nitrogens is 1. The van der Waals surface area contributed by atoms with E-state index in [0.717, 1.165) is 24.1 Å². The average Bonchev–Trinajstić information content (AvgIpc) is 3.24. The van der Waals surface area contributed by atoms with Gasteiger partial charge < -0.3 is 18.8 Å². The van der Waals surface area contributed by atoms with Crippen LogP contribution in [0.3, 0.4) is 0 Å². The van der Waals surface area contributed by atoms with E-state index in [2.05, 4.69) is 4.57 Å². The van der Waals surface area contributed by atoms with E-state index in [1.54, 1.807) is 17.0 Å². The maximum atomic E-state index is 13.5. The van der Waals surface area contributed by atoms with Crippen molar-refractivity contribution >= 4 is 23.4 Å². The van der Waals surface area contributed by atoms with Crippen molar-refractivity contribution < 1.29 is 14.0 Å². The van der Waals surface area contributed by atoms with Crippen LogP contribution in [0.15, 0.2) is 65.4 Å². The standard InChI is InChI=1S/C23H22ClN3O3/c24-18-6-2-1-5-17(18)22-19-7-3-11-25(19)12-13-26(22)21(28)15-27(16-9-10-16)23(29)20-8-4-14-30-20/h1-8,11,14,16,22H,9-10,12-13,15H2. The summed E-state index contributed by atoms with van der Waals surface area (Å²) < 4.78 is 7.44. The second kappa shape index (κ2) is 7.69. The van der Waals surface area contributed by atoms with Gasteiger partial charge in [-0.25, -0.2) is 0 Å². The van der Waals surface area contributed by atoms with E-state index >= 15 is 0 Å². The lowest BCUT2D eigenvalue weighted by atomic mass is 9.99. The molecule has 154 valence electrons. The van der Waals surface area contributed by atoms with E-state index < -0.39 is 0 Å². The number of hydrogen-bond donors (Lipinski definition) is 0. The molecule has 0 saturated heterocycles. The van der Waals surface area contributed by atoms with Crippen LogP contribution in [0.2, 0.25) is 5.02 Å². The highest BCUT2D eigenvalue weighted by molar-refractivity contribution is 6.31. The lowest BCUT2D eigenvalue weighted by molar-refractivity contribution is -0.134. The van der Waals surface area contributed by atoms with E-state index in [-0.39, 0.29) is 36.2 Å². The molecule has 0 spiro atoms. The largest absolute Gasteiger partial charge is 0.459 e. The first kappa shape index (κ1) is 19.0. The maximum absolute atomic E-state index is 13.5. The van der Waals surface area contributed by atoms with Gasteiger partial charge >= 0.3 is 0 Å². The first-order valence-corrected chi connectivity index (χ1v) is 10.5. The molecule has 1 aliphatic heterocycles. The smallest absolute Gasteiger partial charge is 0.290 e. The van der Waals surface area contributed by atoms with E-state index in [0.29, 0.717) is 18.1 Å². The fourth-order valence-electron chi connectivity index (χ4n) is 4.21. The van der Waals surface area contributed by atoms with Crippen LogP contribution in [-0.4, -0.2) is 45.3 Å². The zero-order valence-corrected chi connectivity index (χ0v) is 17.2. The molecule has 0 N–H and O–H groups in total. The van der Waals surface area contributed by atoms with Crippen molar-refractivity contribution in [1.29, 1.82) is 0 Å². The van der Waals surface area contributed by atoms with Gasteiger partial charge in [-0.15, -0.1) is 0 Å². The Morgan fingerprint density at radius 3 is 2.63 bits per heavy atom. The van der Waals surface area contributed by atoms with Crippen LogP contribution in [0.5, 0.6) is 0 Å². The summed E-state index contributed by atoms with van der Waals surface area (Å²) in [6.07, 6.45) is 5.33. The van der Waals surface area contributed by atoms with Gasteiger partial charge in [-0.3, -0.25) is 9.59 Å². The molecule has 5 rings (SSSR count). The Morgan fingerprint density at radius 2 is 1.90 bits per heavy atom. The third-order valence-electron chi connectivity index (χ3n) is 5.84. The van der Waals surface area contributed by atoms with Gasteiger partial charge in [-0.2, -0.15) is 0 Å². The van der Waals surface area contributed by atoms with Gasteiger partial charge in [-0.1, -0.05) is 29.8 Å². The Kier molecular flexibility index (Phi) is 4.87. The summed E-state index contributed by atoms with van der Waals surface area (Å²) in [5, 5.41) is 0.626. The topological polar surface area (TPSA) is 58.7 Å². The minimum atomic E-state index is -0.283. The van der Waals surface area contributed by atoms with Crippen LogP contribution in [0, 0.1) is 0 Å². The van der Waals surface area contributed by atoms with Crippen molar-refractivity contribution in [1.82, 2.24) is 14.4 Å². The number of hydrogen-bond acceptors (Lipinski definition) is 3. The van der Waals surface area contributed by atoms with Crippen LogP contribution in [0.25, 0.3) is 0 Å². The van der Waals surface area contributed by atoms with Crippen molar-refractivity contribution in [3.8, 4) is 0 Å². The van der Waals surface area contributed by atoms with Crippen molar-refractivity contribution in [2.24, 2.45) is 0 Å². The Hall–Kier alpha value is -2.99. The number of amides is 2. The first-order valence-electron chi connectivity index (χ1n) is 10.2. The van der Waals surface area contributed by atoms with Crippen LogP contribution in [0.4, 0.5) is 0 Å². The molecule has 1 aromatic carbocycles. The molecule has 6 nitrogen and oxygen atoms in total. The Labute approximate surface area is 179 Å². The van der Waals surface area contributed by atoms with Crippen molar-refractivity contribution in [2.45, 2.75) is 31.5 Å². The highest BCUT2D eigenvalue weighted by Crippen LogP contribution is 2.36. The van der Waals surface area contributed by atoms with E-state index in [9.17, 15) is 9.59 Å². The molecule has 3 aromatic rings. The van der Waals surface area contributed by atoms with Crippen LogP contribution < -0.4 is 0 Å². The summed E-state index contributed by atoms with van der Waals surface area (Å²) in [6.45, 7) is 1.31. The first-order chi connectivity index (χ1) is 14.6. The van der Waals surface area contributed by atoms with Gasteiger partial charge in [-0.05, 0) is 48.7 Å². The summed E-state index contributed by atoms with van der Waals surface area (Å²) in [6, 6.07) is 14.8. The highest BCUT2D eigenvalue weighted by atomic mass is 35.5. The van der Waals surface area contributed by atoms with Gasteiger partial charge in [0.25, 0.3) is 5.91 Å². The number of fused-ring (bicyclic) bond motifs is 1. The van der Waals surface area contributed by atoms with Crippen LogP contribution in [0.1, 0.15) is 40.7 Å². The van der Waals surface area contributed by atoms with Gasteiger partial charge in [0.1, 0.15) is 6.54 Å². The molecule has 2 amide bonds. The normalized spacial score (nSPS) is 18.2. The number of carbonyl (C=O) groups excluding carboxylic acids is 2. The monoisotopic (exact) mass is 423 g/mol. The van der Waals surface area contributed by atoms with Gasteiger partial charge in [0.05, 0.1) is 12.3 Å². The van der Waals surface area contributed by atoms with Crippen LogP contribution in [-0.2, 0) is 11.3 Å². The van der Waals surface area contributed by atoms with Crippen molar-refractivity contribution in [3.63, 3.8) is 0 Å². The third-order valence-corrected chi connectivity index (χ3v) is 6.19. The van der Waals surface area contributed by atoms with Crippen LogP contribution >= 0.6 is 11.6 Å². The van der Waals surface area contributed by atoms with E-state index in [4.69, 9.17) is 16.0 Å². The van der Waals surface area contributed by atoms with Gasteiger partial charge in [0.15, 0.2) is 5.76 Å². The number of halogens is 1. The quantitative estimate of drug-likeness (QED) is 0.623. The maximum Gasteiger partial charge on any atom is 0.290 e. The molecular weight excluding hydrogens is 402 g/mol. The van der Waals surface area contributed by atoms with Crippen molar-refractivity contribution in [3.05, 3.63) is 83.0 Å². The van der Waals surface area contributed by atoms with Gasteiger partial charge in [0.2, 0.25) is 5.91 Å². The number of rotatable bonds is 5. The molecule has 7 heteroatoms. The number of benzene rings is 1. The predicted octanol–water partition coefficient (Wildman–Crippen LogP) is 3.97. The van der Waals surface area contributed by atoms with Crippen molar-refractivity contribution in [2.75, 3.05) is 13.1 Å². The molecule has 2 aliphatic rings. The molecule has 1 unspecified atom stereocenters. The predicted molar refractivity (Wildman–Crippen MR) is 112 cm³/mol. The van der Waals surface area contributed by atoms with E-state index in [1.807, 2.05) is 47.5 Å². The highest BCUT2D eigenvalue weighted by Gasteiger charge is 2.39. The molecule has 0 bridgehead atoms. The lowest BCUT2D eigenvalue weighted by Gasteiger charge is -2.38. The molecular formula is C23H22ClN3O3. The summed E-state index contributed by atoms with van der Waals surface area (Å²) >= 11 is 6.52. The van der Waals surface area contributed by atoms with E-state index in [1.165, 1.54) is 6.26 Å². The molecule has 1 atom stereocenters. The molecule has 3 heterocycles. The Balaban J connectivity index is 1.45. The number of nitrogens with zero attached hydrogens (tertiary/aromatic N) is 3. The molecule has 0 radical (unpaired) electrons. The zero-order valence-electron chi connectivity index (χ0n) is 16.4. The second-order valence-corrected chi connectivity index (χ2v) is 8.19. The number of furan rings is 1. The minimum absolute atomic E-state index is 0.0336. The summed E-state index contributed by atoms with van der Waals surface area (Å²) in [7, 11) is 0. The molecule has 30 heavy (non-hydrogen) atoms. The minimum Gasteiger partial charge on any atom is -0.459 e. The summed E-state index contributed by atoms with van der Waals surface area (Å²) in [5.41, 5.74) is 1.92. The fourth-order valence-corrected chi connectivity index (χ4v) is 4.45.